The van der Waals surface area contributed by atoms with E-state index in [0.717, 1.165) is 11.0 Å². The summed E-state index contributed by atoms with van der Waals surface area (Å²) < 4.78 is 5.53. The average Bonchev–Trinajstić information content (AvgIpc) is 2.82. The fourth-order valence-corrected chi connectivity index (χ4v) is 1.87. The molecule has 1 atom stereocenters. The second-order valence-electron chi connectivity index (χ2n) is 4.70. The molecule has 0 saturated carbocycles. The molecule has 4 heteroatoms. The monoisotopic (exact) mass is 256 g/mol. The van der Waals surface area contributed by atoms with Crippen molar-refractivity contribution in [2.24, 2.45) is 0 Å². The number of hydrogen-bond acceptors (Lipinski definition) is 4. The van der Waals surface area contributed by atoms with Gasteiger partial charge in [0, 0.05) is 11.4 Å². The van der Waals surface area contributed by atoms with Crippen molar-refractivity contribution < 1.29 is 9.21 Å². The molecule has 0 radical (unpaired) electrons. The number of furan rings is 1. The first-order valence-corrected chi connectivity index (χ1v) is 6.21. The maximum Gasteiger partial charge on any atom is 0.211 e. The van der Waals surface area contributed by atoms with Crippen molar-refractivity contribution in [3.8, 4) is 6.07 Å². The van der Waals surface area contributed by atoms with Crippen LogP contribution in [0.25, 0.3) is 11.0 Å². The highest BCUT2D eigenvalue weighted by molar-refractivity contribution is 5.98. The summed E-state index contributed by atoms with van der Waals surface area (Å²) in [4.78, 5) is 14.0. The minimum absolute atomic E-state index is 0.0540. The van der Waals surface area contributed by atoms with Gasteiger partial charge in [-0.2, -0.15) is 5.26 Å². The minimum atomic E-state index is -0.0662. The molecule has 0 aliphatic carbocycles. The van der Waals surface area contributed by atoms with Gasteiger partial charge in [-0.25, -0.2) is 0 Å². The Morgan fingerprint density at radius 2 is 2.21 bits per heavy atom. The van der Waals surface area contributed by atoms with E-state index in [0.29, 0.717) is 12.2 Å². The number of likely N-dealkylation sites (N-methyl/N-ethyl adjacent to an activating group) is 1. The molecule has 0 saturated heterocycles. The molecule has 1 unspecified atom stereocenters. The van der Waals surface area contributed by atoms with Crippen molar-refractivity contribution in [2.75, 3.05) is 13.6 Å². The van der Waals surface area contributed by atoms with Gasteiger partial charge in [0.15, 0.2) is 5.76 Å². The first-order chi connectivity index (χ1) is 9.11. The van der Waals surface area contributed by atoms with Crippen molar-refractivity contribution in [1.82, 2.24) is 4.90 Å². The van der Waals surface area contributed by atoms with Crippen molar-refractivity contribution in [3.63, 3.8) is 0 Å². The maximum atomic E-state index is 12.1. The van der Waals surface area contributed by atoms with E-state index in [1.807, 2.05) is 43.1 Å². The number of ketones is 1. The lowest BCUT2D eigenvalue weighted by Gasteiger charge is -2.20. The maximum absolute atomic E-state index is 12.1. The highest BCUT2D eigenvalue weighted by atomic mass is 16.3. The van der Waals surface area contributed by atoms with Crippen LogP contribution >= 0.6 is 0 Å². The van der Waals surface area contributed by atoms with E-state index in [1.54, 1.807) is 6.07 Å². The Morgan fingerprint density at radius 3 is 2.89 bits per heavy atom. The molecule has 1 aromatic carbocycles. The molecule has 2 aromatic rings. The Labute approximate surface area is 112 Å². The van der Waals surface area contributed by atoms with Crippen LogP contribution in [0, 0.1) is 11.3 Å². The number of carbonyl (C=O) groups excluding carboxylic acids is 1. The quantitative estimate of drug-likeness (QED) is 0.772. The lowest BCUT2D eigenvalue weighted by molar-refractivity contribution is 0.0900. The summed E-state index contributed by atoms with van der Waals surface area (Å²) >= 11 is 0. The summed E-state index contributed by atoms with van der Waals surface area (Å²) in [6, 6.07) is 11.5. The largest absolute Gasteiger partial charge is 0.453 e. The summed E-state index contributed by atoms with van der Waals surface area (Å²) in [6.45, 7) is 2.18. The average molecular weight is 256 g/mol. The summed E-state index contributed by atoms with van der Waals surface area (Å²) in [5, 5.41) is 9.58. The lowest BCUT2D eigenvalue weighted by atomic mass is 10.2. The zero-order valence-electron chi connectivity index (χ0n) is 11.1. The van der Waals surface area contributed by atoms with Crippen LogP contribution in [0.3, 0.4) is 0 Å². The molecule has 1 heterocycles. The number of para-hydroxylation sites is 1. The Kier molecular flexibility index (Phi) is 3.98. The molecular weight excluding hydrogens is 240 g/mol. The van der Waals surface area contributed by atoms with Gasteiger partial charge in [0.1, 0.15) is 5.58 Å². The minimum Gasteiger partial charge on any atom is -0.453 e. The van der Waals surface area contributed by atoms with Gasteiger partial charge in [-0.15, -0.1) is 0 Å². The number of hydrogen-bond donors (Lipinski definition) is 0. The van der Waals surface area contributed by atoms with Crippen LogP contribution < -0.4 is 0 Å². The van der Waals surface area contributed by atoms with Crippen LogP contribution in [0.15, 0.2) is 34.7 Å². The predicted molar refractivity (Wildman–Crippen MR) is 72.9 cm³/mol. The van der Waals surface area contributed by atoms with Gasteiger partial charge < -0.3 is 4.42 Å². The normalized spacial score (nSPS) is 12.5. The molecule has 0 fully saturated rings. The van der Waals surface area contributed by atoms with E-state index >= 15 is 0 Å². The van der Waals surface area contributed by atoms with E-state index in [4.69, 9.17) is 9.68 Å². The first-order valence-electron chi connectivity index (χ1n) is 6.21. The fraction of sp³-hybridized carbons (Fsp3) is 0.333. The number of nitriles is 1. The van der Waals surface area contributed by atoms with Crippen LogP contribution in [0.1, 0.15) is 23.9 Å². The van der Waals surface area contributed by atoms with Gasteiger partial charge >= 0.3 is 0 Å². The lowest BCUT2D eigenvalue weighted by Crippen LogP contribution is -2.33. The molecule has 0 bridgehead atoms. The SMILES string of the molecule is CC(CC#N)N(C)CC(=O)c1cc2ccccc2o1. The smallest absolute Gasteiger partial charge is 0.211 e. The van der Waals surface area contributed by atoms with Gasteiger partial charge in [-0.05, 0) is 26.1 Å². The number of rotatable bonds is 5. The number of fused-ring (bicyclic) bond motifs is 1. The van der Waals surface area contributed by atoms with E-state index in [9.17, 15) is 4.79 Å². The molecule has 19 heavy (non-hydrogen) atoms. The summed E-state index contributed by atoms with van der Waals surface area (Å²) in [7, 11) is 1.84. The molecule has 0 N–H and O–H groups in total. The number of nitrogens with zero attached hydrogens (tertiary/aromatic N) is 2. The molecule has 0 aliphatic heterocycles. The van der Waals surface area contributed by atoms with Crippen LogP contribution in [0.5, 0.6) is 0 Å². The fourth-order valence-electron chi connectivity index (χ4n) is 1.87. The zero-order valence-corrected chi connectivity index (χ0v) is 11.1. The number of Topliss-reactive ketones (excluding diaryl/α,β-unsaturated/α-hetero) is 1. The Bertz CT molecular complexity index is 591. The second kappa shape index (κ2) is 5.68. The molecule has 0 spiro atoms. The third-order valence-corrected chi connectivity index (χ3v) is 3.23. The molecule has 4 nitrogen and oxygen atoms in total. The topological polar surface area (TPSA) is 57.2 Å². The van der Waals surface area contributed by atoms with Gasteiger partial charge in [-0.3, -0.25) is 9.69 Å². The van der Waals surface area contributed by atoms with E-state index in [-0.39, 0.29) is 18.4 Å². The van der Waals surface area contributed by atoms with Crippen molar-refractivity contribution >= 4 is 16.8 Å². The molecule has 1 aromatic heterocycles. The van der Waals surface area contributed by atoms with Crippen molar-refractivity contribution in [2.45, 2.75) is 19.4 Å². The zero-order chi connectivity index (χ0) is 13.8. The summed E-state index contributed by atoms with van der Waals surface area (Å²) in [5.74, 6) is 0.306. The molecular formula is C15H16N2O2. The highest BCUT2D eigenvalue weighted by Gasteiger charge is 2.17. The van der Waals surface area contributed by atoms with Gasteiger partial charge in [0.2, 0.25) is 5.78 Å². The number of carbonyl (C=O) groups is 1. The van der Waals surface area contributed by atoms with Gasteiger partial charge in [0.25, 0.3) is 0 Å². The Balaban J connectivity index is 2.09. The molecule has 0 aliphatic rings. The Hall–Kier alpha value is -2.12. The molecule has 98 valence electrons. The first kappa shape index (κ1) is 13.3. The van der Waals surface area contributed by atoms with E-state index in [1.165, 1.54) is 0 Å². The second-order valence-corrected chi connectivity index (χ2v) is 4.70. The Morgan fingerprint density at radius 1 is 1.47 bits per heavy atom. The third kappa shape index (κ3) is 3.01. The predicted octanol–water partition coefficient (Wildman–Crippen LogP) is 2.85. The van der Waals surface area contributed by atoms with Gasteiger partial charge in [-0.1, -0.05) is 18.2 Å². The standard InChI is InChI=1S/C15H16N2O2/c1-11(7-8-16)17(2)10-13(18)15-9-12-5-3-4-6-14(12)19-15/h3-6,9,11H,7,10H2,1-2H3. The number of benzene rings is 1. The van der Waals surface area contributed by atoms with Crippen LogP contribution in [-0.2, 0) is 0 Å². The molecule has 2 rings (SSSR count). The van der Waals surface area contributed by atoms with Gasteiger partial charge in [0.05, 0.1) is 19.0 Å². The van der Waals surface area contributed by atoms with Crippen LogP contribution in [0.4, 0.5) is 0 Å². The van der Waals surface area contributed by atoms with Crippen LogP contribution in [-0.4, -0.2) is 30.3 Å². The van der Waals surface area contributed by atoms with Crippen LogP contribution in [0.2, 0.25) is 0 Å². The van der Waals surface area contributed by atoms with Crippen molar-refractivity contribution in [1.29, 1.82) is 5.26 Å². The summed E-state index contributed by atoms with van der Waals surface area (Å²) in [5.41, 5.74) is 0.721. The van der Waals surface area contributed by atoms with E-state index in [2.05, 4.69) is 6.07 Å². The highest BCUT2D eigenvalue weighted by Crippen LogP contribution is 2.19. The molecule has 0 amide bonds. The third-order valence-electron chi connectivity index (χ3n) is 3.23. The van der Waals surface area contributed by atoms with Crippen molar-refractivity contribution in [3.05, 3.63) is 36.1 Å². The summed E-state index contributed by atoms with van der Waals surface area (Å²) in [6.07, 6.45) is 0.407. The van der Waals surface area contributed by atoms with E-state index < -0.39 is 0 Å².